The van der Waals surface area contributed by atoms with Crippen LogP contribution in [-0.2, 0) is 28.7 Å². The molecule has 11 nitrogen and oxygen atoms in total. The van der Waals surface area contributed by atoms with Gasteiger partial charge in [0.2, 0.25) is 11.8 Å². The smallest absolute Gasteiger partial charge is 0.408 e. The van der Waals surface area contributed by atoms with Crippen LogP contribution in [0.4, 0.5) is 4.79 Å². The third kappa shape index (κ3) is 9.62. The van der Waals surface area contributed by atoms with Gasteiger partial charge in [-0.15, -0.1) is 0 Å². The molecular weight excluding hydrogens is 783 g/mol. The number of aliphatic carboxylic acids is 1. The highest BCUT2D eigenvalue weighted by molar-refractivity contribution is 5.85. The summed E-state index contributed by atoms with van der Waals surface area (Å²) in [5.41, 5.74) is -0.841. The minimum absolute atomic E-state index is 0.0935. The topological polar surface area (TPSA) is 160 Å². The van der Waals surface area contributed by atoms with E-state index in [0.29, 0.717) is 42.7 Å². The number of carbonyl (C=O) groups is 5. The highest BCUT2D eigenvalue weighted by Gasteiger charge is 2.72. The van der Waals surface area contributed by atoms with E-state index in [0.717, 1.165) is 96.3 Å². The molecule has 0 aliphatic heterocycles. The molecule has 4 N–H and O–H groups in total. The highest BCUT2D eigenvalue weighted by Crippen LogP contribution is 2.77. The molecule has 5 saturated carbocycles. The summed E-state index contributed by atoms with van der Waals surface area (Å²) in [5, 5.41) is 18.6. The van der Waals surface area contributed by atoms with Crippen LogP contribution >= 0.6 is 0 Å². The molecule has 352 valence electrons. The molecule has 5 aliphatic carbocycles. The summed E-state index contributed by atoms with van der Waals surface area (Å²) in [6.45, 7) is 30.4. The molecule has 11 atom stereocenters. The van der Waals surface area contributed by atoms with Gasteiger partial charge in [0.15, 0.2) is 0 Å². The van der Waals surface area contributed by atoms with Crippen molar-refractivity contribution >= 4 is 29.8 Å². The van der Waals surface area contributed by atoms with Crippen LogP contribution in [0.25, 0.3) is 0 Å². The monoisotopic (exact) mass is 868 g/mol. The van der Waals surface area contributed by atoms with E-state index < -0.39 is 35.1 Å². The van der Waals surface area contributed by atoms with E-state index in [2.05, 4.69) is 64.1 Å². The lowest BCUT2D eigenvalue weighted by molar-refractivity contribution is -0.249. The van der Waals surface area contributed by atoms with Crippen LogP contribution in [0.5, 0.6) is 0 Å². The molecule has 62 heavy (non-hydrogen) atoms. The lowest BCUT2D eigenvalue weighted by atomic mass is 9.32. The van der Waals surface area contributed by atoms with E-state index in [-0.39, 0.29) is 51.4 Å². The lowest BCUT2D eigenvalue weighted by Crippen LogP contribution is -2.67. The third-order valence-corrected chi connectivity index (χ3v) is 18.0. The maximum atomic E-state index is 14.6. The van der Waals surface area contributed by atoms with Gasteiger partial charge in [-0.2, -0.15) is 0 Å². The summed E-state index contributed by atoms with van der Waals surface area (Å²) < 4.78 is 11.4. The molecule has 1 unspecified atom stereocenters. The quantitative estimate of drug-likeness (QED) is 0.0678. The van der Waals surface area contributed by atoms with E-state index >= 15 is 0 Å². The molecule has 0 spiro atoms. The number of fused-ring (bicyclic) bond motifs is 7. The Hall–Kier alpha value is -3.11. The first-order valence-corrected chi connectivity index (χ1v) is 24.3. The van der Waals surface area contributed by atoms with E-state index in [9.17, 15) is 29.1 Å². The molecule has 3 amide bonds. The summed E-state index contributed by atoms with van der Waals surface area (Å²) in [4.78, 5) is 63.9. The number of amides is 3. The summed E-state index contributed by atoms with van der Waals surface area (Å²) in [6, 6.07) is -0.676. The summed E-state index contributed by atoms with van der Waals surface area (Å²) >= 11 is 0. The number of hydrogen-bond acceptors (Lipinski definition) is 7. The summed E-state index contributed by atoms with van der Waals surface area (Å²) in [6.07, 6.45) is 14.1. The minimum Gasteiger partial charge on any atom is -0.481 e. The Kier molecular flexibility index (Phi) is 14.8. The third-order valence-electron chi connectivity index (χ3n) is 18.0. The second-order valence-electron chi connectivity index (χ2n) is 23.7. The van der Waals surface area contributed by atoms with Crippen LogP contribution in [0.15, 0.2) is 12.2 Å². The van der Waals surface area contributed by atoms with Crippen molar-refractivity contribution in [2.75, 3.05) is 13.1 Å². The predicted molar refractivity (Wildman–Crippen MR) is 243 cm³/mol. The zero-order chi connectivity index (χ0) is 46.3. The van der Waals surface area contributed by atoms with Gasteiger partial charge < -0.3 is 30.5 Å². The predicted octanol–water partition coefficient (Wildman–Crippen LogP) is 10.2. The maximum Gasteiger partial charge on any atom is 0.408 e. The van der Waals surface area contributed by atoms with Gasteiger partial charge in [0, 0.05) is 18.5 Å². The Bertz CT molecular complexity index is 1700. The molecule has 0 radical (unpaired) electrons. The first-order valence-electron chi connectivity index (χ1n) is 24.3. The number of allylic oxidation sites excluding steroid dienone is 1. The zero-order valence-corrected chi connectivity index (χ0v) is 40.8. The van der Waals surface area contributed by atoms with Gasteiger partial charge in [0.1, 0.15) is 17.7 Å². The minimum atomic E-state index is -1.16. The molecular formula is C51H85N3O8. The zero-order valence-electron chi connectivity index (χ0n) is 40.8. The normalized spacial score (nSPS) is 35.4. The Morgan fingerprint density at radius 1 is 0.758 bits per heavy atom. The Labute approximate surface area is 374 Å². The second kappa shape index (κ2) is 18.4. The molecule has 5 fully saturated rings. The molecule has 0 aromatic heterocycles. The van der Waals surface area contributed by atoms with Gasteiger partial charge in [0.05, 0.1) is 17.3 Å². The number of carboxylic acids is 1. The Morgan fingerprint density at radius 2 is 1.39 bits per heavy atom. The van der Waals surface area contributed by atoms with E-state index in [4.69, 9.17) is 9.47 Å². The average Bonchev–Trinajstić information content (AvgIpc) is 3.56. The van der Waals surface area contributed by atoms with Crippen molar-refractivity contribution in [3.05, 3.63) is 12.2 Å². The molecule has 0 aromatic carbocycles. The molecule has 0 saturated heterocycles. The fourth-order valence-corrected chi connectivity index (χ4v) is 14.4. The van der Waals surface area contributed by atoms with Crippen LogP contribution in [-0.4, -0.2) is 65.8 Å². The van der Waals surface area contributed by atoms with Gasteiger partial charge >= 0.3 is 18.0 Å². The Morgan fingerprint density at radius 3 is 2.00 bits per heavy atom. The number of ether oxygens (including phenoxy) is 2. The van der Waals surface area contributed by atoms with Crippen LogP contribution < -0.4 is 16.0 Å². The number of alkyl carbamates (subject to hydrolysis) is 1. The van der Waals surface area contributed by atoms with E-state index in [1.807, 2.05) is 0 Å². The van der Waals surface area contributed by atoms with Gasteiger partial charge in [-0.1, -0.05) is 66.0 Å². The number of rotatable bonds is 16. The van der Waals surface area contributed by atoms with E-state index in [1.165, 1.54) is 5.57 Å². The maximum absolute atomic E-state index is 14.6. The van der Waals surface area contributed by atoms with Crippen molar-refractivity contribution in [1.82, 2.24) is 16.0 Å². The van der Waals surface area contributed by atoms with Crippen molar-refractivity contribution in [1.29, 1.82) is 0 Å². The van der Waals surface area contributed by atoms with Crippen LogP contribution in [0.2, 0.25) is 0 Å². The van der Waals surface area contributed by atoms with Crippen molar-refractivity contribution in [2.45, 2.75) is 204 Å². The largest absolute Gasteiger partial charge is 0.481 e. The number of carbonyl (C=O) groups excluding carboxylic acids is 4. The average molecular weight is 868 g/mol. The number of esters is 1. The summed E-state index contributed by atoms with van der Waals surface area (Å²) in [5.74, 6) is 0.645. The van der Waals surface area contributed by atoms with Crippen molar-refractivity contribution in [2.24, 2.45) is 62.1 Å². The van der Waals surface area contributed by atoms with Gasteiger partial charge in [-0.05, 0) is 171 Å². The van der Waals surface area contributed by atoms with Crippen LogP contribution in [0.1, 0.15) is 186 Å². The molecule has 0 aromatic rings. The SMILES string of the molecule is C=C(C)[C@@H]1CC[C@]2(C(=O)NCCCCCCCNC(=O)C(C)NC(=O)OC(C)(C)C)CC[C@]3(C)[C@H](CC[C@@H]4[C@@]5(C)CC[C@H](OC(=O)CC(C)(C)C(=O)O)C(C)(C)[C@@H]5CC[C@]43C)[C@@H]12. The molecule has 5 aliphatic rings. The van der Waals surface area contributed by atoms with Crippen molar-refractivity contribution in [3.8, 4) is 0 Å². The van der Waals surface area contributed by atoms with Gasteiger partial charge in [0.25, 0.3) is 0 Å². The molecule has 0 bridgehead atoms. The molecule has 5 rings (SSSR count). The number of unbranched alkanes of at least 4 members (excludes halogenated alkanes) is 4. The first kappa shape index (κ1) is 49.9. The fourth-order valence-electron chi connectivity index (χ4n) is 14.4. The number of carboxylic acid groups (broad SMARTS) is 1. The van der Waals surface area contributed by atoms with Crippen molar-refractivity contribution < 1.29 is 38.6 Å². The summed E-state index contributed by atoms with van der Waals surface area (Å²) in [7, 11) is 0. The number of nitrogens with one attached hydrogen (secondary N) is 3. The van der Waals surface area contributed by atoms with E-state index in [1.54, 1.807) is 41.5 Å². The van der Waals surface area contributed by atoms with Crippen LogP contribution in [0.3, 0.4) is 0 Å². The van der Waals surface area contributed by atoms with Crippen LogP contribution in [0, 0.1) is 62.1 Å². The molecule has 0 heterocycles. The number of hydrogen-bond donors (Lipinski definition) is 4. The van der Waals surface area contributed by atoms with Gasteiger partial charge in [-0.3, -0.25) is 19.2 Å². The van der Waals surface area contributed by atoms with Gasteiger partial charge in [-0.25, -0.2) is 4.79 Å². The van der Waals surface area contributed by atoms with Crippen molar-refractivity contribution in [3.63, 3.8) is 0 Å². The lowest BCUT2D eigenvalue weighted by Gasteiger charge is -2.72. The second-order valence-corrected chi connectivity index (χ2v) is 23.7. The molecule has 11 heteroatoms. The standard InChI is InChI=1S/C51H85N3O8/c1-32(2)34-21-26-51(42(57)53-30-18-16-14-15-17-29-52-41(56)33(3)54-44(60)62-45(4,5)6)28-27-49(12)35(40(34)51)19-20-37-48(11)24-23-38(61-39(55)31-46(7,8)43(58)59)47(9,10)36(48)22-25-50(37,49)13/h33-38,40H,1,14-31H2,2-13H3,(H,52,56)(H,53,57)(H,54,60)(H,58,59)/t33?,34-,35+,36-,37+,38-,40+,48-,49+,50+,51-/m0/s1. The first-order chi connectivity index (χ1) is 28.7. The Balaban J connectivity index is 1.17. The fraction of sp³-hybridized carbons (Fsp3) is 0.863. The highest BCUT2D eigenvalue weighted by atomic mass is 16.6.